The number of aromatic nitrogens is 1. The molecule has 3 aromatic rings. The molecule has 0 aliphatic carbocycles. The third-order valence-electron chi connectivity index (χ3n) is 2.97. The Morgan fingerprint density at radius 1 is 1.16 bits per heavy atom. The average Bonchev–Trinajstić information content (AvgIpc) is 2.88. The Kier molecular flexibility index (Phi) is 2.41. The van der Waals surface area contributed by atoms with Crippen molar-refractivity contribution in [1.82, 2.24) is 4.98 Å². The number of hydrogen-bond acceptors (Lipinski definition) is 4. The van der Waals surface area contributed by atoms with Crippen LogP contribution < -0.4 is 5.76 Å². The lowest BCUT2D eigenvalue weighted by Crippen LogP contribution is -2.01. The molecule has 0 amide bonds. The van der Waals surface area contributed by atoms with Crippen LogP contribution in [0.1, 0.15) is 27.4 Å². The van der Waals surface area contributed by atoms with E-state index in [0.29, 0.717) is 33.7 Å². The summed E-state index contributed by atoms with van der Waals surface area (Å²) < 4.78 is 10.3. The van der Waals surface area contributed by atoms with Crippen molar-refractivity contribution in [2.75, 3.05) is 0 Å². The summed E-state index contributed by atoms with van der Waals surface area (Å²) in [5.74, 6) is 0.586. The summed E-state index contributed by atoms with van der Waals surface area (Å²) in [6.45, 7) is 3.54. The summed E-state index contributed by atoms with van der Waals surface area (Å²) in [6.07, 6.45) is 0. The highest BCUT2D eigenvalue weighted by atomic mass is 16.4. The van der Waals surface area contributed by atoms with Crippen LogP contribution in [0.15, 0.2) is 37.9 Å². The molecule has 19 heavy (non-hydrogen) atoms. The lowest BCUT2D eigenvalue weighted by Gasteiger charge is -1.98. The molecule has 0 aliphatic rings. The Morgan fingerprint density at radius 2 is 1.95 bits per heavy atom. The second-order valence-corrected chi connectivity index (χ2v) is 4.38. The van der Waals surface area contributed by atoms with Crippen LogP contribution in [0, 0.1) is 13.8 Å². The predicted octanol–water partition coefficient (Wildman–Crippen LogP) is 2.56. The second-order valence-electron chi connectivity index (χ2n) is 4.38. The van der Waals surface area contributed by atoms with Gasteiger partial charge in [0, 0.05) is 5.56 Å². The van der Waals surface area contributed by atoms with Gasteiger partial charge in [0.15, 0.2) is 11.4 Å². The molecule has 0 aliphatic heterocycles. The van der Waals surface area contributed by atoms with E-state index >= 15 is 0 Å². The van der Waals surface area contributed by atoms with Crippen LogP contribution in [0.3, 0.4) is 0 Å². The van der Waals surface area contributed by atoms with Gasteiger partial charge in [0.2, 0.25) is 0 Å². The van der Waals surface area contributed by atoms with E-state index in [-0.39, 0.29) is 5.78 Å². The van der Waals surface area contributed by atoms with Gasteiger partial charge < -0.3 is 8.83 Å². The van der Waals surface area contributed by atoms with Crippen molar-refractivity contribution in [3.63, 3.8) is 0 Å². The highest BCUT2D eigenvalue weighted by molar-refractivity contribution is 6.10. The standard InChI is InChI=1S/C14H11NO4/c1-7-5-10(8(2)18-7)13(16)9-3-4-11-12(6-9)19-14(17)15-11/h3-6H,1-2H3,(H,15,17). The van der Waals surface area contributed by atoms with Crippen LogP contribution in [0.5, 0.6) is 0 Å². The van der Waals surface area contributed by atoms with E-state index in [2.05, 4.69) is 4.98 Å². The smallest absolute Gasteiger partial charge is 0.417 e. The number of nitrogens with one attached hydrogen (secondary N) is 1. The average molecular weight is 257 g/mol. The number of furan rings is 1. The maximum atomic E-state index is 12.3. The van der Waals surface area contributed by atoms with Gasteiger partial charge in [-0.3, -0.25) is 9.78 Å². The van der Waals surface area contributed by atoms with Crippen molar-refractivity contribution in [2.24, 2.45) is 0 Å². The van der Waals surface area contributed by atoms with Gasteiger partial charge in [0.05, 0.1) is 11.1 Å². The maximum absolute atomic E-state index is 12.3. The monoisotopic (exact) mass is 257 g/mol. The zero-order valence-corrected chi connectivity index (χ0v) is 10.4. The van der Waals surface area contributed by atoms with Crippen LogP contribution >= 0.6 is 0 Å². The predicted molar refractivity (Wildman–Crippen MR) is 68.4 cm³/mol. The van der Waals surface area contributed by atoms with Crippen LogP contribution in [-0.4, -0.2) is 10.8 Å². The summed E-state index contributed by atoms with van der Waals surface area (Å²) >= 11 is 0. The Hall–Kier alpha value is -2.56. The van der Waals surface area contributed by atoms with E-state index < -0.39 is 5.76 Å². The Labute approximate surface area is 107 Å². The van der Waals surface area contributed by atoms with Crippen molar-refractivity contribution < 1.29 is 13.6 Å². The minimum atomic E-state index is -0.532. The number of rotatable bonds is 2. The van der Waals surface area contributed by atoms with Gasteiger partial charge in [-0.2, -0.15) is 0 Å². The SMILES string of the molecule is Cc1cc(C(=O)c2ccc3[nH]c(=O)oc3c2)c(C)o1. The van der Waals surface area contributed by atoms with Gasteiger partial charge in [0.25, 0.3) is 0 Å². The zero-order chi connectivity index (χ0) is 13.6. The molecule has 0 spiro atoms. The molecular formula is C14H11NO4. The molecule has 0 saturated heterocycles. The molecule has 0 saturated carbocycles. The van der Waals surface area contributed by atoms with Crippen molar-refractivity contribution in [3.05, 3.63) is 57.5 Å². The normalized spacial score (nSPS) is 11.1. The number of hydrogen-bond donors (Lipinski definition) is 1. The minimum Gasteiger partial charge on any atom is -0.466 e. The summed E-state index contributed by atoms with van der Waals surface area (Å²) in [7, 11) is 0. The van der Waals surface area contributed by atoms with Crippen LogP contribution in [0.2, 0.25) is 0 Å². The molecule has 5 heteroatoms. The number of fused-ring (bicyclic) bond motifs is 1. The topological polar surface area (TPSA) is 76.2 Å². The number of benzene rings is 1. The third-order valence-corrected chi connectivity index (χ3v) is 2.97. The van der Waals surface area contributed by atoms with Crippen LogP contribution in [0.4, 0.5) is 0 Å². The number of ketones is 1. The molecule has 0 atom stereocenters. The summed E-state index contributed by atoms with van der Waals surface area (Å²) in [5, 5.41) is 0. The summed E-state index contributed by atoms with van der Waals surface area (Å²) in [6, 6.07) is 6.56. The van der Waals surface area contributed by atoms with E-state index in [0.717, 1.165) is 0 Å². The van der Waals surface area contributed by atoms with E-state index in [9.17, 15) is 9.59 Å². The van der Waals surface area contributed by atoms with Gasteiger partial charge in [-0.15, -0.1) is 0 Å². The quantitative estimate of drug-likeness (QED) is 0.716. The number of carbonyl (C=O) groups is 1. The first-order chi connectivity index (χ1) is 9.04. The molecule has 5 nitrogen and oxygen atoms in total. The molecule has 2 heterocycles. The second kappa shape index (κ2) is 3.98. The van der Waals surface area contributed by atoms with Gasteiger partial charge >= 0.3 is 5.76 Å². The Balaban J connectivity index is 2.10. The van der Waals surface area contributed by atoms with E-state index in [1.54, 1.807) is 38.1 Å². The number of aromatic amines is 1. The molecule has 0 fully saturated rings. The minimum absolute atomic E-state index is 0.153. The number of oxazole rings is 1. The highest BCUT2D eigenvalue weighted by Gasteiger charge is 2.16. The fourth-order valence-electron chi connectivity index (χ4n) is 2.10. The van der Waals surface area contributed by atoms with Crippen molar-refractivity contribution >= 4 is 16.9 Å². The fourth-order valence-corrected chi connectivity index (χ4v) is 2.10. The molecule has 0 bridgehead atoms. The van der Waals surface area contributed by atoms with Crippen LogP contribution in [0.25, 0.3) is 11.1 Å². The first-order valence-corrected chi connectivity index (χ1v) is 5.79. The Morgan fingerprint density at radius 3 is 2.63 bits per heavy atom. The Bertz CT molecular complexity index is 835. The largest absolute Gasteiger partial charge is 0.466 e. The maximum Gasteiger partial charge on any atom is 0.417 e. The van der Waals surface area contributed by atoms with Crippen molar-refractivity contribution in [3.8, 4) is 0 Å². The summed E-state index contributed by atoms with van der Waals surface area (Å²) in [4.78, 5) is 25.9. The molecule has 3 rings (SSSR count). The summed E-state index contributed by atoms with van der Waals surface area (Å²) in [5.41, 5.74) is 1.92. The van der Waals surface area contributed by atoms with Crippen LogP contribution in [-0.2, 0) is 0 Å². The first kappa shape index (κ1) is 11.5. The molecule has 1 aromatic carbocycles. The molecule has 0 radical (unpaired) electrons. The number of carbonyl (C=O) groups excluding carboxylic acids is 1. The van der Waals surface area contributed by atoms with Crippen molar-refractivity contribution in [2.45, 2.75) is 13.8 Å². The molecule has 0 unspecified atom stereocenters. The lowest BCUT2D eigenvalue weighted by molar-refractivity contribution is 0.103. The van der Waals surface area contributed by atoms with Gasteiger partial charge in [-0.1, -0.05) is 0 Å². The molecule has 96 valence electrons. The van der Waals surface area contributed by atoms with E-state index in [1.165, 1.54) is 0 Å². The number of aryl methyl sites for hydroxylation is 2. The number of H-pyrrole nitrogens is 1. The van der Waals surface area contributed by atoms with Crippen molar-refractivity contribution in [1.29, 1.82) is 0 Å². The van der Waals surface area contributed by atoms with Gasteiger partial charge in [-0.25, -0.2) is 4.79 Å². The van der Waals surface area contributed by atoms with Gasteiger partial charge in [-0.05, 0) is 38.1 Å². The zero-order valence-electron chi connectivity index (χ0n) is 10.4. The molecule has 1 N–H and O–H groups in total. The lowest BCUT2D eigenvalue weighted by atomic mass is 10.0. The van der Waals surface area contributed by atoms with E-state index in [4.69, 9.17) is 8.83 Å². The van der Waals surface area contributed by atoms with Gasteiger partial charge in [0.1, 0.15) is 11.5 Å². The first-order valence-electron chi connectivity index (χ1n) is 5.79. The van der Waals surface area contributed by atoms with E-state index in [1.807, 2.05) is 0 Å². The molecule has 2 aromatic heterocycles. The molecular weight excluding hydrogens is 246 g/mol. The third kappa shape index (κ3) is 1.89. The highest BCUT2D eigenvalue weighted by Crippen LogP contribution is 2.20. The fraction of sp³-hybridized carbons (Fsp3) is 0.143.